The third-order valence-corrected chi connectivity index (χ3v) is 4.35. The lowest BCUT2D eigenvalue weighted by Crippen LogP contribution is -2.31. The number of hydrogen-bond acceptors (Lipinski definition) is 6. The van der Waals surface area contributed by atoms with Crippen molar-refractivity contribution >= 4 is 17.7 Å². The Kier molecular flexibility index (Phi) is 5.97. The molecular weight excluding hydrogens is 314 g/mol. The van der Waals surface area contributed by atoms with Crippen molar-refractivity contribution in [2.24, 2.45) is 0 Å². The number of benzene rings is 1. The summed E-state index contributed by atoms with van der Waals surface area (Å²) < 4.78 is 6.98. The molecule has 0 unspecified atom stereocenters. The van der Waals surface area contributed by atoms with Crippen molar-refractivity contribution in [1.29, 1.82) is 0 Å². The van der Waals surface area contributed by atoms with Gasteiger partial charge in [-0.25, -0.2) is 0 Å². The fourth-order valence-corrected chi connectivity index (χ4v) is 2.97. The average Bonchev–Trinajstić information content (AvgIpc) is 3.02. The largest absolute Gasteiger partial charge is 0.494 e. The number of amides is 1. The standard InChI is InChI=1S/C15H21N5O2S/c1-5-19(6-2)14(21)10-23-15-16-17-18-20(15)12-9-11(3)7-8-13(12)22-4/h7-9H,5-6,10H2,1-4H3. The Morgan fingerprint density at radius 1 is 1.35 bits per heavy atom. The molecule has 23 heavy (non-hydrogen) atoms. The van der Waals surface area contributed by atoms with Crippen LogP contribution in [-0.4, -0.2) is 57.0 Å². The van der Waals surface area contributed by atoms with Gasteiger partial charge < -0.3 is 9.64 Å². The maximum atomic E-state index is 12.1. The Hall–Kier alpha value is -2.09. The summed E-state index contributed by atoms with van der Waals surface area (Å²) in [5.41, 5.74) is 1.83. The Balaban J connectivity index is 2.20. The second kappa shape index (κ2) is 7.96. The van der Waals surface area contributed by atoms with Gasteiger partial charge in [0, 0.05) is 13.1 Å². The lowest BCUT2D eigenvalue weighted by molar-refractivity contribution is -0.127. The molecule has 1 heterocycles. The van der Waals surface area contributed by atoms with Crippen LogP contribution in [0.1, 0.15) is 19.4 Å². The number of nitrogens with zero attached hydrogens (tertiary/aromatic N) is 5. The second-order valence-corrected chi connectivity index (χ2v) is 5.85. The van der Waals surface area contributed by atoms with Crippen LogP contribution in [0, 0.1) is 6.92 Å². The van der Waals surface area contributed by atoms with Gasteiger partial charge in [-0.15, -0.1) is 5.10 Å². The minimum atomic E-state index is 0.0748. The van der Waals surface area contributed by atoms with E-state index in [2.05, 4.69) is 15.5 Å². The maximum Gasteiger partial charge on any atom is 0.233 e. The Labute approximate surface area is 140 Å². The molecule has 0 N–H and O–H groups in total. The molecule has 7 nitrogen and oxygen atoms in total. The Morgan fingerprint density at radius 2 is 2.09 bits per heavy atom. The van der Waals surface area contributed by atoms with Crippen LogP contribution in [0.3, 0.4) is 0 Å². The van der Waals surface area contributed by atoms with Gasteiger partial charge in [0.2, 0.25) is 11.1 Å². The van der Waals surface area contributed by atoms with Crippen molar-refractivity contribution in [3.63, 3.8) is 0 Å². The highest BCUT2D eigenvalue weighted by molar-refractivity contribution is 7.99. The molecule has 124 valence electrons. The first-order chi connectivity index (χ1) is 11.1. The van der Waals surface area contributed by atoms with E-state index in [0.29, 0.717) is 29.7 Å². The molecule has 0 atom stereocenters. The summed E-state index contributed by atoms with van der Waals surface area (Å²) in [6, 6.07) is 5.79. The lowest BCUT2D eigenvalue weighted by atomic mass is 10.2. The van der Waals surface area contributed by atoms with E-state index in [1.54, 1.807) is 16.7 Å². The fourth-order valence-electron chi connectivity index (χ4n) is 2.18. The van der Waals surface area contributed by atoms with Crippen LogP contribution in [0.4, 0.5) is 0 Å². The summed E-state index contributed by atoms with van der Waals surface area (Å²) >= 11 is 1.32. The number of carbonyl (C=O) groups excluding carboxylic acids is 1. The smallest absolute Gasteiger partial charge is 0.233 e. The topological polar surface area (TPSA) is 73.1 Å². The molecule has 0 bridgehead atoms. The van der Waals surface area contributed by atoms with Crippen molar-refractivity contribution in [2.75, 3.05) is 26.0 Å². The van der Waals surface area contributed by atoms with Crippen LogP contribution in [0.5, 0.6) is 5.75 Å². The normalized spacial score (nSPS) is 10.6. The SMILES string of the molecule is CCN(CC)C(=O)CSc1nnnn1-c1cc(C)ccc1OC. The molecule has 2 rings (SSSR count). The predicted octanol–water partition coefficient (Wildman–Crippen LogP) is 1.94. The average molecular weight is 335 g/mol. The van der Waals surface area contributed by atoms with Gasteiger partial charge in [0.25, 0.3) is 0 Å². The van der Waals surface area contributed by atoms with E-state index in [1.807, 2.05) is 39.0 Å². The van der Waals surface area contributed by atoms with Crippen molar-refractivity contribution in [2.45, 2.75) is 25.9 Å². The molecule has 0 saturated carbocycles. The van der Waals surface area contributed by atoms with E-state index in [0.717, 1.165) is 11.3 Å². The molecule has 1 aromatic heterocycles. The van der Waals surface area contributed by atoms with E-state index in [1.165, 1.54) is 11.8 Å². The Bertz CT molecular complexity index is 670. The van der Waals surface area contributed by atoms with Crippen LogP contribution in [0.15, 0.2) is 23.4 Å². The van der Waals surface area contributed by atoms with Gasteiger partial charge in [0.15, 0.2) is 0 Å². The maximum absolute atomic E-state index is 12.1. The van der Waals surface area contributed by atoms with Crippen molar-refractivity contribution in [1.82, 2.24) is 25.1 Å². The van der Waals surface area contributed by atoms with Gasteiger partial charge in [-0.05, 0) is 48.9 Å². The predicted molar refractivity (Wildman–Crippen MR) is 89.1 cm³/mol. The minimum Gasteiger partial charge on any atom is -0.494 e. The summed E-state index contributed by atoms with van der Waals surface area (Å²) in [4.78, 5) is 13.9. The molecule has 0 aliphatic rings. The minimum absolute atomic E-state index is 0.0748. The van der Waals surface area contributed by atoms with Crippen LogP contribution in [-0.2, 0) is 4.79 Å². The monoisotopic (exact) mass is 335 g/mol. The lowest BCUT2D eigenvalue weighted by Gasteiger charge is -2.18. The van der Waals surface area contributed by atoms with Crippen molar-refractivity contribution in [3.05, 3.63) is 23.8 Å². The zero-order valence-electron chi connectivity index (χ0n) is 13.8. The van der Waals surface area contributed by atoms with Gasteiger partial charge in [-0.2, -0.15) is 4.68 Å². The van der Waals surface area contributed by atoms with Crippen LogP contribution in [0.2, 0.25) is 0 Å². The van der Waals surface area contributed by atoms with Gasteiger partial charge >= 0.3 is 0 Å². The zero-order valence-corrected chi connectivity index (χ0v) is 14.6. The van der Waals surface area contributed by atoms with Crippen molar-refractivity contribution in [3.8, 4) is 11.4 Å². The fraction of sp³-hybridized carbons (Fsp3) is 0.467. The van der Waals surface area contributed by atoms with E-state index in [-0.39, 0.29) is 5.91 Å². The number of thioether (sulfide) groups is 1. The zero-order chi connectivity index (χ0) is 16.8. The van der Waals surface area contributed by atoms with Gasteiger partial charge in [0.1, 0.15) is 11.4 Å². The quantitative estimate of drug-likeness (QED) is 0.720. The summed E-state index contributed by atoms with van der Waals surface area (Å²) in [5.74, 6) is 1.06. The molecule has 0 spiro atoms. The molecule has 0 saturated heterocycles. The summed E-state index contributed by atoms with van der Waals surface area (Å²) in [7, 11) is 1.61. The van der Waals surface area contributed by atoms with E-state index >= 15 is 0 Å². The molecule has 1 amide bonds. The third kappa shape index (κ3) is 4.01. The molecule has 2 aromatic rings. The summed E-state index contributed by atoms with van der Waals surface area (Å²) in [6.45, 7) is 7.32. The van der Waals surface area contributed by atoms with Crippen LogP contribution < -0.4 is 4.74 Å². The van der Waals surface area contributed by atoms with Gasteiger partial charge in [-0.1, -0.05) is 17.8 Å². The van der Waals surface area contributed by atoms with Crippen LogP contribution in [0.25, 0.3) is 5.69 Å². The number of methoxy groups -OCH3 is 1. The third-order valence-electron chi connectivity index (χ3n) is 3.44. The molecule has 0 aliphatic carbocycles. The summed E-state index contributed by atoms with van der Waals surface area (Å²) in [6.07, 6.45) is 0. The first-order valence-corrected chi connectivity index (χ1v) is 8.43. The van der Waals surface area contributed by atoms with E-state index in [9.17, 15) is 4.79 Å². The molecule has 1 aromatic carbocycles. The van der Waals surface area contributed by atoms with Crippen LogP contribution >= 0.6 is 11.8 Å². The van der Waals surface area contributed by atoms with Gasteiger partial charge in [-0.3, -0.25) is 4.79 Å². The van der Waals surface area contributed by atoms with E-state index < -0.39 is 0 Å². The number of tetrazole rings is 1. The Morgan fingerprint density at radius 3 is 2.74 bits per heavy atom. The molecular formula is C15H21N5O2S. The highest BCUT2D eigenvalue weighted by Gasteiger charge is 2.16. The first-order valence-electron chi connectivity index (χ1n) is 7.44. The van der Waals surface area contributed by atoms with Crippen molar-refractivity contribution < 1.29 is 9.53 Å². The highest BCUT2D eigenvalue weighted by Crippen LogP contribution is 2.27. The highest BCUT2D eigenvalue weighted by atomic mass is 32.2. The molecule has 0 radical (unpaired) electrons. The number of rotatable bonds is 7. The summed E-state index contributed by atoms with van der Waals surface area (Å²) in [5, 5.41) is 12.3. The molecule has 0 fully saturated rings. The number of hydrogen-bond donors (Lipinski definition) is 0. The molecule has 8 heteroatoms. The van der Waals surface area contributed by atoms with E-state index in [4.69, 9.17) is 4.74 Å². The number of aryl methyl sites for hydroxylation is 1. The first kappa shape index (κ1) is 17.3. The number of aromatic nitrogens is 4. The number of ether oxygens (including phenoxy) is 1. The second-order valence-electron chi connectivity index (χ2n) is 4.90. The number of carbonyl (C=O) groups is 1. The van der Waals surface area contributed by atoms with Gasteiger partial charge in [0.05, 0.1) is 12.9 Å². The molecule has 0 aliphatic heterocycles.